The highest BCUT2D eigenvalue weighted by Gasteiger charge is 2.33. The van der Waals surface area contributed by atoms with E-state index in [1.807, 2.05) is 72.8 Å². The molecule has 4 aromatic carbocycles. The predicted molar refractivity (Wildman–Crippen MR) is 174 cm³/mol. The van der Waals surface area contributed by atoms with E-state index < -0.39 is 10.0 Å². The number of fused-ring (bicyclic) bond motifs is 2. The summed E-state index contributed by atoms with van der Waals surface area (Å²) in [4.78, 5) is 4.52. The molecule has 1 aromatic heterocycles. The van der Waals surface area contributed by atoms with Gasteiger partial charge in [0.05, 0.1) is 25.0 Å². The number of aromatic nitrogens is 3. The molecule has 5 aromatic rings. The molecule has 12 heteroatoms. The second kappa shape index (κ2) is 12.8. The summed E-state index contributed by atoms with van der Waals surface area (Å²) >= 11 is 6.01. The van der Waals surface area contributed by atoms with Crippen molar-refractivity contribution in [3.05, 3.63) is 130 Å². The maximum Gasteiger partial charge on any atom is 0.247 e. The minimum atomic E-state index is -3.98. The van der Waals surface area contributed by atoms with Gasteiger partial charge in [0.2, 0.25) is 10.0 Å². The standard InChI is InChI=1S/C34H32ClFN6O3S/c35-28-11-9-25(10-12-28)20-41-23-29(37-38-41)24-42-22-27-6-2-4-8-32(27)45-33-19-30(13-14-34(33)46(42,43)44)40-17-15-39(16-18-40)21-26-5-1-3-7-31(26)36/h1-14,19,23H,15-18,20-22,24H2. The van der Waals surface area contributed by atoms with Crippen LogP contribution in [0, 0.1) is 5.82 Å². The van der Waals surface area contributed by atoms with Gasteiger partial charge in [-0.15, -0.1) is 5.10 Å². The van der Waals surface area contributed by atoms with Crippen LogP contribution < -0.4 is 9.64 Å². The van der Waals surface area contributed by atoms with E-state index in [2.05, 4.69) is 20.1 Å². The molecule has 0 unspecified atom stereocenters. The number of halogens is 2. The summed E-state index contributed by atoms with van der Waals surface area (Å²) in [7, 11) is -3.98. The van der Waals surface area contributed by atoms with Crippen LogP contribution in [0.4, 0.5) is 10.1 Å². The molecule has 1 saturated heterocycles. The van der Waals surface area contributed by atoms with Crippen molar-refractivity contribution >= 4 is 27.3 Å². The van der Waals surface area contributed by atoms with Crippen LogP contribution in [-0.2, 0) is 36.2 Å². The van der Waals surface area contributed by atoms with Crippen molar-refractivity contribution in [1.82, 2.24) is 24.2 Å². The number of sulfonamides is 1. The third kappa shape index (κ3) is 6.50. The zero-order valence-electron chi connectivity index (χ0n) is 25.0. The van der Waals surface area contributed by atoms with Crippen molar-refractivity contribution in [2.24, 2.45) is 0 Å². The number of benzene rings is 4. The zero-order chi connectivity index (χ0) is 31.7. The Morgan fingerprint density at radius 2 is 1.59 bits per heavy atom. The van der Waals surface area contributed by atoms with Crippen LogP contribution in [-0.4, -0.2) is 58.8 Å². The molecule has 0 radical (unpaired) electrons. The van der Waals surface area contributed by atoms with Gasteiger partial charge in [-0.1, -0.05) is 65.3 Å². The summed E-state index contributed by atoms with van der Waals surface area (Å²) in [6.07, 6.45) is 1.77. The van der Waals surface area contributed by atoms with Crippen LogP contribution in [0.5, 0.6) is 11.5 Å². The number of nitrogens with zero attached hydrogens (tertiary/aromatic N) is 6. The van der Waals surface area contributed by atoms with Gasteiger partial charge >= 0.3 is 0 Å². The van der Waals surface area contributed by atoms with Crippen molar-refractivity contribution in [2.75, 3.05) is 31.1 Å². The number of ether oxygens (including phenoxy) is 1. The lowest BCUT2D eigenvalue weighted by atomic mass is 10.1. The van der Waals surface area contributed by atoms with E-state index in [1.54, 1.807) is 23.0 Å². The molecule has 0 bridgehead atoms. The van der Waals surface area contributed by atoms with Crippen LogP contribution in [0.25, 0.3) is 0 Å². The predicted octanol–water partition coefficient (Wildman–Crippen LogP) is 5.94. The molecule has 1 fully saturated rings. The van der Waals surface area contributed by atoms with E-state index in [9.17, 15) is 12.8 Å². The van der Waals surface area contributed by atoms with E-state index in [-0.39, 0.29) is 29.6 Å². The van der Waals surface area contributed by atoms with E-state index in [0.29, 0.717) is 48.2 Å². The molecule has 0 N–H and O–H groups in total. The summed E-state index contributed by atoms with van der Waals surface area (Å²) in [6, 6.07) is 27.1. The lowest BCUT2D eigenvalue weighted by Crippen LogP contribution is -2.46. The number of rotatable bonds is 7. The molecule has 0 amide bonds. The van der Waals surface area contributed by atoms with Gasteiger partial charge in [0.1, 0.15) is 22.2 Å². The van der Waals surface area contributed by atoms with Crippen molar-refractivity contribution < 1.29 is 17.5 Å². The maximum atomic E-state index is 14.2. The molecule has 9 nitrogen and oxygen atoms in total. The minimum Gasteiger partial charge on any atom is -0.456 e. The fourth-order valence-electron chi connectivity index (χ4n) is 5.87. The van der Waals surface area contributed by atoms with Crippen molar-refractivity contribution in [3.8, 4) is 11.5 Å². The first kappa shape index (κ1) is 30.4. The molecule has 0 spiro atoms. The number of piperazine rings is 1. The van der Waals surface area contributed by atoms with Crippen LogP contribution in [0.15, 0.2) is 102 Å². The first-order valence-corrected chi connectivity index (χ1v) is 16.9. The monoisotopic (exact) mass is 658 g/mol. The van der Waals surface area contributed by atoms with Crippen molar-refractivity contribution in [1.29, 1.82) is 0 Å². The Hall–Kier alpha value is -4.29. The number of anilines is 1. The van der Waals surface area contributed by atoms with Gasteiger partial charge in [0.15, 0.2) is 0 Å². The zero-order valence-corrected chi connectivity index (χ0v) is 26.5. The quantitative estimate of drug-likeness (QED) is 0.214. The number of hydrogen-bond donors (Lipinski definition) is 0. The minimum absolute atomic E-state index is 0.0441. The summed E-state index contributed by atoms with van der Waals surface area (Å²) in [5.74, 6) is 0.679. The van der Waals surface area contributed by atoms with E-state index >= 15 is 0 Å². The Kier molecular flexibility index (Phi) is 8.48. The Balaban J connectivity index is 1.12. The van der Waals surface area contributed by atoms with Gasteiger partial charge in [0, 0.05) is 67.2 Å². The molecule has 2 aliphatic heterocycles. The molecule has 0 atom stereocenters. The highest BCUT2D eigenvalue weighted by atomic mass is 35.5. The van der Waals surface area contributed by atoms with Gasteiger partial charge in [-0.25, -0.2) is 17.5 Å². The molecular weight excluding hydrogens is 627 g/mol. The number of para-hydroxylation sites is 1. The fraction of sp³-hybridized carbons (Fsp3) is 0.235. The van der Waals surface area contributed by atoms with Crippen LogP contribution >= 0.6 is 11.6 Å². The molecule has 0 aliphatic carbocycles. The Labute approximate surface area is 272 Å². The largest absolute Gasteiger partial charge is 0.456 e. The Bertz CT molecular complexity index is 1960. The third-order valence-corrected chi connectivity index (χ3v) is 10.4. The number of hydrogen-bond acceptors (Lipinski definition) is 7. The van der Waals surface area contributed by atoms with E-state index in [4.69, 9.17) is 16.3 Å². The van der Waals surface area contributed by atoms with Gasteiger partial charge in [-0.05, 0) is 42.0 Å². The summed E-state index contributed by atoms with van der Waals surface area (Å²) in [5.41, 5.74) is 3.83. The topological polar surface area (TPSA) is 83.8 Å². The van der Waals surface area contributed by atoms with Crippen LogP contribution in [0.2, 0.25) is 5.02 Å². The molecule has 46 heavy (non-hydrogen) atoms. The SMILES string of the molecule is O=S1(=O)c2ccc(N3CCN(Cc4ccccc4F)CC3)cc2Oc2ccccc2CN1Cc1cn(Cc2ccc(Cl)cc2)nn1. The van der Waals surface area contributed by atoms with Gasteiger partial charge in [0.25, 0.3) is 0 Å². The third-order valence-electron chi connectivity index (χ3n) is 8.36. The van der Waals surface area contributed by atoms with Gasteiger partial charge in [-0.2, -0.15) is 4.31 Å². The van der Waals surface area contributed by atoms with Crippen LogP contribution in [0.1, 0.15) is 22.4 Å². The highest BCUT2D eigenvalue weighted by Crippen LogP contribution is 2.39. The average molecular weight is 659 g/mol. The Morgan fingerprint density at radius 3 is 2.39 bits per heavy atom. The van der Waals surface area contributed by atoms with Crippen molar-refractivity contribution in [3.63, 3.8) is 0 Å². The molecule has 3 heterocycles. The fourth-order valence-corrected chi connectivity index (χ4v) is 7.48. The maximum absolute atomic E-state index is 14.2. The van der Waals surface area contributed by atoms with Gasteiger partial charge in [-0.3, -0.25) is 4.90 Å². The van der Waals surface area contributed by atoms with Crippen molar-refractivity contribution in [2.45, 2.75) is 31.1 Å². The van der Waals surface area contributed by atoms with Gasteiger partial charge < -0.3 is 9.64 Å². The normalized spacial score (nSPS) is 16.6. The highest BCUT2D eigenvalue weighted by molar-refractivity contribution is 7.89. The van der Waals surface area contributed by atoms with E-state index in [1.165, 1.54) is 10.4 Å². The second-order valence-corrected chi connectivity index (χ2v) is 13.8. The van der Waals surface area contributed by atoms with E-state index in [0.717, 1.165) is 29.9 Å². The molecular formula is C34H32ClFN6O3S. The summed E-state index contributed by atoms with van der Waals surface area (Å²) in [6.45, 7) is 4.13. The average Bonchev–Trinajstić information content (AvgIpc) is 3.50. The molecule has 7 rings (SSSR count). The lowest BCUT2D eigenvalue weighted by molar-refractivity contribution is 0.246. The van der Waals surface area contributed by atoms with Crippen LogP contribution in [0.3, 0.4) is 0 Å². The summed E-state index contributed by atoms with van der Waals surface area (Å²) in [5, 5.41) is 9.17. The smallest absolute Gasteiger partial charge is 0.247 e. The molecule has 2 aliphatic rings. The first-order chi connectivity index (χ1) is 22.3. The molecule has 0 saturated carbocycles. The lowest BCUT2D eigenvalue weighted by Gasteiger charge is -2.36. The first-order valence-electron chi connectivity index (χ1n) is 15.1. The molecule has 236 valence electrons. The summed E-state index contributed by atoms with van der Waals surface area (Å²) < 4.78 is 52.0. The Morgan fingerprint density at radius 1 is 0.826 bits per heavy atom. The second-order valence-electron chi connectivity index (χ2n) is 11.5.